The fraction of sp³-hybridized carbons (Fsp3) is 0.455. The van der Waals surface area contributed by atoms with Crippen LogP contribution in [0.15, 0.2) is 24.3 Å². The first-order valence-corrected chi connectivity index (χ1v) is 4.96. The zero-order valence-corrected chi connectivity index (χ0v) is 8.07. The van der Waals surface area contributed by atoms with Gasteiger partial charge in [-0.05, 0) is 18.1 Å². The number of aliphatic hydroxyl groups excluding tert-OH is 1. The van der Waals surface area contributed by atoms with Crippen molar-refractivity contribution in [2.24, 2.45) is 0 Å². The second kappa shape index (κ2) is 4.44. The normalized spacial score (nSPS) is 16.4. The minimum atomic E-state index is 0.170. The lowest BCUT2D eigenvalue weighted by molar-refractivity contribution is 0.140. The molecule has 0 saturated carbocycles. The fourth-order valence-corrected chi connectivity index (χ4v) is 1.47. The first kappa shape index (κ1) is 9.49. The lowest BCUT2D eigenvalue weighted by atomic mass is 10.1. The Morgan fingerprint density at radius 3 is 2.79 bits per heavy atom. The Bertz CT molecular complexity index is 297. The van der Waals surface area contributed by atoms with Crippen LogP contribution in [-0.2, 0) is 6.42 Å². The van der Waals surface area contributed by atoms with Gasteiger partial charge in [-0.2, -0.15) is 0 Å². The highest BCUT2D eigenvalue weighted by Gasteiger charge is 2.19. The summed E-state index contributed by atoms with van der Waals surface area (Å²) in [5.41, 5.74) is 1.09. The summed E-state index contributed by atoms with van der Waals surface area (Å²) >= 11 is 0. The number of hydrogen-bond acceptors (Lipinski definition) is 3. The number of rotatable bonds is 4. The van der Waals surface area contributed by atoms with E-state index in [4.69, 9.17) is 9.84 Å². The third kappa shape index (κ3) is 2.05. The minimum absolute atomic E-state index is 0.170. The van der Waals surface area contributed by atoms with Gasteiger partial charge in [0.05, 0.1) is 0 Å². The van der Waals surface area contributed by atoms with E-state index in [2.05, 4.69) is 5.32 Å². The van der Waals surface area contributed by atoms with E-state index in [0.29, 0.717) is 12.5 Å². The van der Waals surface area contributed by atoms with Crippen LogP contribution in [0.25, 0.3) is 0 Å². The van der Waals surface area contributed by atoms with Crippen molar-refractivity contribution >= 4 is 0 Å². The molecule has 1 aliphatic rings. The topological polar surface area (TPSA) is 41.5 Å². The molecule has 1 aliphatic heterocycles. The van der Waals surface area contributed by atoms with Crippen molar-refractivity contribution in [1.29, 1.82) is 0 Å². The number of ether oxygens (including phenoxy) is 1. The van der Waals surface area contributed by atoms with Crippen molar-refractivity contribution in [3.63, 3.8) is 0 Å². The van der Waals surface area contributed by atoms with Gasteiger partial charge in [0.15, 0.2) is 0 Å². The van der Waals surface area contributed by atoms with Gasteiger partial charge in [0.2, 0.25) is 0 Å². The molecule has 1 fully saturated rings. The van der Waals surface area contributed by atoms with Crippen LogP contribution in [0.4, 0.5) is 0 Å². The number of para-hydroxylation sites is 1. The van der Waals surface area contributed by atoms with Gasteiger partial charge < -0.3 is 15.2 Å². The quantitative estimate of drug-likeness (QED) is 0.734. The Balaban J connectivity index is 2.05. The zero-order chi connectivity index (χ0) is 9.80. The Hall–Kier alpha value is -1.06. The summed E-state index contributed by atoms with van der Waals surface area (Å²) in [6.07, 6.45) is 0.964. The van der Waals surface area contributed by atoms with Gasteiger partial charge in [-0.1, -0.05) is 18.2 Å². The monoisotopic (exact) mass is 193 g/mol. The lowest BCUT2D eigenvalue weighted by Gasteiger charge is -2.28. The summed E-state index contributed by atoms with van der Waals surface area (Å²) in [7, 11) is 0. The molecule has 1 saturated heterocycles. The van der Waals surface area contributed by atoms with Gasteiger partial charge in [0.25, 0.3) is 0 Å². The summed E-state index contributed by atoms with van der Waals surface area (Å²) in [4.78, 5) is 0. The van der Waals surface area contributed by atoms with Gasteiger partial charge in [0.1, 0.15) is 11.9 Å². The van der Waals surface area contributed by atoms with Gasteiger partial charge >= 0.3 is 0 Å². The molecule has 0 aromatic heterocycles. The molecule has 3 nitrogen and oxygen atoms in total. The molecule has 0 radical (unpaired) electrons. The van der Waals surface area contributed by atoms with Crippen molar-refractivity contribution in [2.45, 2.75) is 12.5 Å². The highest BCUT2D eigenvalue weighted by atomic mass is 16.5. The van der Waals surface area contributed by atoms with E-state index < -0.39 is 0 Å². The molecule has 14 heavy (non-hydrogen) atoms. The first-order chi connectivity index (χ1) is 6.90. The van der Waals surface area contributed by atoms with Gasteiger partial charge in [-0.15, -0.1) is 0 Å². The summed E-state index contributed by atoms with van der Waals surface area (Å²) in [5, 5.41) is 12.0. The third-order valence-electron chi connectivity index (χ3n) is 2.39. The average molecular weight is 193 g/mol. The van der Waals surface area contributed by atoms with E-state index in [1.807, 2.05) is 24.3 Å². The van der Waals surface area contributed by atoms with Crippen molar-refractivity contribution in [1.82, 2.24) is 5.32 Å². The largest absolute Gasteiger partial charge is 0.487 e. The van der Waals surface area contributed by atoms with Crippen LogP contribution in [0.3, 0.4) is 0 Å². The van der Waals surface area contributed by atoms with Crippen molar-refractivity contribution in [3.8, 4) is 5.75 Å². The summed E-state index contributed by atoms with van der Waals surface area (Å²) in [5.74, 6) is 0.910. The highest BCUT2D eigenvalue weighted by Crippen LogP contribution is 2.20. The third-order valence-corrected chi connectivity index (χ3v) is 2.39. The molecule has 2 N–H and O–H groups in total. The van der Waals surface area contributed by atoms with Crippen molar-refractivity contribution < 1.29 is 9.84 Å². The molecule has 0 amide bonds. The number of nitrogens with one attached hydrogen (secondary N) is 1. The molecule has 1 aromatic carbocycles. The molecule has 2 rings (SSSR count). The van der Waals surface area contributed by atoms with Crippen LogP contribution in [0.5, 0.6) is 5.75 Å². The van der Waals surface area contributed by atoms with Gasteiger partial charge in [-0.25, -0.2) is 0 Å². The molecule has 3 heteroatoms. The van der Waals surface area contributed by atoms with E-state index in [1.165, 1.54) is 0 Å². The Morgan fingerprint density at radius 2 is 2.14 bits per heavy atom. The maximum Gasteiger partial charge on any atom is 0.123 e. The summed E-state index contributed by atoms with van der Waals surface area (Å²) in [6, 6.07) is 7.89. The molecular formula is C11H15NO2. The molecule has 0 unspecified atom stereocenters. The minimum Gasteiger partial charge on any atom is -0.487 e. The van der Waals surface area contributed by atoms with E-state index >= 15 is 0 Å². The second-order valence-corrected chi connectivity index (χ2v) is 3.48. The molecule has 0 atom stereocenters. The molecule has 0 bridgehead atoms. The number of benzene rings is 1. The standard InChI is InChI=1S/C11H15NO2/c13-6-5-9-3-1-2-4-11(9)14-10-7-12-8-10/h1-4,10,12-13H,5-8H2. The molecule has 76 valence electrons. The van der Waals surface area contributed by atoms with E-state index in [9.17, 15) is 0 Å². The molecule has 1 aromatic rings. The summed E-state index contributed by atoms with van der Waals surface area (Å²) < 4.78 is 5.76. The number of hydrogen-bond donors (Lipinski definition) is 2. The van der Waals surface area contributed by atoms with Gasteiger partial charge in [0, 0.05) is 19.7 Å². The SMILES string of the molecule is OCCc1ccccc1OC1CNC1. The highest BCUT2D eigenvalue weighted by molar-refractivity contribution is 5.33. The smallest absolute Gasteiger partial charge is 0.123 e. The maximum atomic E-state index is 8.88. The van der Waals surface area contributed by atoms with E-state index in [1.54, 1.807) is 0 Å². The van der Waals surface area contributed by atoms with Crippen LogP contribution < -0.4 is 10.1 Å². The van der Waals surface area contributed by atoms with Crippen LogP contribution in [0.1, 0.15) is 5.56 Å². The van der Waals surface area contributed by atoms with Crippen LogP contribution in [0.2, 0.25) is 0 Å². The van der Waals surface area contributed by atoms with Crippen LogP contribution >= 0.6 is 0 Å². The van der Waals surface area contributed by atoms with E-state index in [-0.39, 0.29) is 6.61 Å². The predicted octanol–water partition coefficient (Wildman–Crippen LogP) is 0.572. The Kier molecular flexibility index (Phi) is 3.01. The number of aliphatic hydroxyl groups is 1. The molecule has 0 spiro atoms. The zero-order valence-electron chi connectivity index (χ0n) is 8.07. The molecule has 0 aliphatic carbocycles. The van der Waals surface area contributed by atoms with E-state index in [0.717, 1.165) is 24.4 Å². The second-order valence-electron chi connectivity index (χ2n) is 3.48. The average Bonchev–Trinajstić information content (AvgIpc) is 2.14. The molecule has 1 heterocycles. The Labute approximate surface area is 83.7 Å². The van der Waals surface area contributed by atoms with Crippen molar-refractivity contribution in [3.05, 3.63) is 29.8 Å². The van der Waals surface area contributed by atoms with Crippen molar-refractivity contribution in [2.75, 3.05) is 19.7 Å². The predicted molar refractivity (Wildman–Crippen MR) is 54.5 cm³/mol. The maximum absolute atomic E-state index is 8.88. The molecular weight excluding hydrogens is 178 g/mol. The lowest BCUT2D eigenvalue weighted by Crippen LogP contribution is -2.50. The summed E-state index contributed by atoms with van der Waals surface area (Å²) in [6.45, 7) is 2.02. The van der Waals surface area contributed by atoms with Crippen LogP contribution in [0, 0.1) is 0 Å². The van der Waals surface area contributed by atoms with Gasteiger partial charge in [-0.3, -0.25) is 0 Å². The first-order valence-electron chi connectivity index (χ1n) is 4.96. The van der Waals surface area contributed by atoms with Crippen LogP contribution in [-0.4, -0.2) is 30.9 Å². The Morgan fingerprint density at radius 1 is 1.36 bits per heavy atom. The fourth-order valence-electron chi connectivity index (χ4n) is 1.47.